The quantitative estimate of drug-likeness (QED) is 0.192. The average Bonchev–Trinajstić information content (AvgIpc) is 3.25. The lowest BCUT2D eigenvalue weighted by Crippen LogP contribution is -2.43. The first-order chi connectivity index (χ1) is 16.2. The Morgan fingerprint density at radius 1 is 1.29 bits per heavy atom. The van der Waals surface area contributed by atoms with Crippen LogP contribution < -0.4 is 16.4 Å². The van der Waals surface area contributed by atoms with Gasteiger partial charge in [-0.1, -0.05) is 20.8 Å². The molecule has 0 aliphatic rings. The van der Waals surface area contributed by atoms with E-state index in [1.54, 1.807) is 13.0 Å². The van der Waals surface area contributed by atoms with Gasteiger partial charge in [0.2, 0.25) is 0 Å². The third-order valence-electron chi connectivity index (χ3n) is 6.25. The summed E-state index contributed by atoms with van der Waals surface area (Å²) in [6.07, 6.45) is 0.895. The Hall–Kier alpha value is -2.22. The molecule has 0 bridgehead atoms. The van der Waals surface area contributed by atoms with Gasteiger partial charge in [-0.05, 0) is 71.9 Å². The highest BCUT2D eigenvalue weighted by Crippen LogP contribution is 2.36. The van der Waals surface area contributed by atoms with Crippen LogP contribution in [0, 0.1) is 9.39 Å². The van der Waals surface area contributed by atoms with Crippen molar-refractivity contribution in [1.29, 1.82) is 0 Å². The van der Waals surface area contributed by atoms with Gasteiger partial charge in [-0.25, -0.2) is 9.87 Å². The van der Waals surface area contributed by atoms with Crippen molar-refractivity contribution < 1.29 is 22.9 Å². The standard InChI is InChI=1S/C24H31FIN3O5Si/c1-14(13-33-35(6,7)24(2,3)4)34-28-22(30)19-20-16(10-11-32-20)23(31)29(5)21(19)27-18-9-8-15(26)12-17(18)25/h8-12,14,27H,13H2,1-7H3,(H,28,30). The van der Waals surface area contributed by atoms with Crippen LogP contribution in [0.2, 0.25) is 18.1 Å². The van der Waals surface area contributed by atoms with Crippen LogP contribution in [0.3, 0.4) is 0 Å². The normalized spacial score (nSPS) is 13.2. The number of carbonyl (C=O) groups is 1. The number of pyridine rings is 1. The number of furan rings is 1. The number of hydrogen-bond donors (Lipinski definition) is 2. The largest absolute Gasteiger partial charge is 0.463 e. The Morgan fingerprint density at radius 3 is 2.60 bits per heavy atom. The van der Waals surface area contributed by atoms with E-state index in [2.05, 4.69) is 44.7 Å². The molecule has 0 fully saturated rings. The molecule has 1 unspecified atom stereocenters. The van der Waals surface area contributed by atoms with Crippen LogP contribution in [0.1, 0.15) is 38.1 Å². The Balaban J connectivity index is 1.87. The Labute approximate surface area is 218 Å². The molecule has 2 aromatic heterocycles. The summed E-state index contributed by atoms with van der Waals surface area (Å²) in [6.45, 7) is 12.8. The molecule has 0 spiro atoms. The van der Waals surface area contributed by atoms with Crippen molar-refractivity contribution in [3.8, 4) is 0 Å². The molecular weight excluding hydrogens is 584 g/mol. The summed E-state index contributed by atoms with van der Waals surface area (Å²) in [5, 5.41) is 3.14. The number of fused-ring (bicyclic) bond motifs is 1. The van der Waals surface area contributed by atoms with Crippen molar-refractivity contribution in [2.45, 2.75) is 51.9 Å². The zero-order valence-electron chi connectivity index (χ0n) is 20.9. The summed E-state index contributed by atoms with van der Waals surface area (Å²) in [5.41, 5.74) is 2.25. The van der Waals surface area contributed by atoms with Crippen molar-refractivity contribution in [3.63, 3.8) is 0 Å². The molecule has 3 aromatic rings. The van der Waals surface area contributed by atoms with Crippen LogP contribution in [0.15, 0.2) is 39.7 Å². The van der Waals surface area contributed by atoms with Gasteiger partial charge in [0.25, 0.3) is 11.5 Å². The van der Waals surface area contributed by atoms with Gasteiger partial charge >= 0.3 is 0 Å². The first-order valence-electron chi connectivity index (χ1n) is 11.1. The molecule has 1 aromatic carbocycles. The van der Waals surface area contributed by atoms with E-state index in [0.717, 1.165) is 0 Å². The molecule has 0 radical (unpaired) electrons. The number of nitrogens with one attached hydrogen (secondary N) is 2. The van der Waals surface area contributed by atoms with Gasteiger partial charge in [-0.3, -0.25) is 19.0 Å². The molecule has 0 aliphatic heterocycles. The van der Waals surface area contributed by atoms with Crippen molar-refractivity contribution in [2.75, 3.05) is 11.9 Å². The summed E-state index contributed by atoms with van der Waals surface area (Å²) in [5.74, 6) is -1.10. The molecular formula is C24H31FIN3O5Si. The third kappa shape index (κ3) is 5.96. The number of hydrogen-bond acceptors (Lipinski definition) is 6. The van der Waals surface area contributed by atoms with Crippen molar-refractivity contribution in [2.24, 2.45) is 7.05 Å². The number of benzene rings is 1. The number of carbonyl (C=O) groups excluding carboxylic acids is 1. The lowest BCUT2D eigenvalue weighted by Gasteiger charge is -2.36. The van der Waals surface area contributed by atoms with Crippen LogP contribution in [0.25, 0.3) is 11.0 Å². The van der Waals surface area contributed by atoms with E-state index in [-0.39, 0.29) is 33.1 Å². The van der Waals surface area contributed by atoms with Gasteiger partial charge in [0.05, 0.1) is 23.9 Å². The average molecular weight is 616 g/mol. The second-order valence-electron chi connectivity index (χ2n) is 9.93. The van der Waals surface area contributed by atoms with Crippen LogP contribution >= 0.6 is 22.6 Å². The molecule has 11 heteroatoms. The number of rotatable bonds is 8. The third-order valence-corrected chi connectivity index (χ3v) is 11.4. The zero-order valence-corrected chi connectivity index (χ0v) is 24.1. The van der Waals surface area contributed by atoms with E-state index in [1.165, 1.54) is 36.1 Å². The van der Waals surface area contributed by atoms with Gasteiger partial charge in [0, 0.05) is 10.6 Å². The summed E-state index contributed by atoms with van der Waals surface area (Å²) in [7, 11) is -0.487. The fraction of sp³-hybridized carbons (Fsp3) is 0.417. The van der Waals surface area contributed by atoms with Crippen molar-refractivity contribution >= 4 is 59.3 Å². The maximum Gasteiger partial charge on any atom is 0.282 e. The smallest absolute Gasteiger partial charge is 0.282 e. The predicted octanol–water partition coefficient (Wildman–Crippen LogP) is 5.69. The molecule has 1 amide bonds. The summed E-state index contributed by atoms with van der Waals surface area (Å²) in [6, 6.07) is 6.08. The van der Waals surface area contributed by atoms with Gasteiger partial charge in [-0.15, -0.1) is 0 Å². The fourth-order valence-corrected chi connectivity index (χ4v) is 4.62. The second kappa shape index (κ2) is 10.4. The molecule has 0 saturated carbocycles. The second-order valence-corrected chi connectivity index (χ2v) is 16.0. The first-order valence-corrected chi connectivity index (χ1v) is 15.1. The SMILES string of the molecule is CC(CO[Si](C)(C)C(C)(C)C)ONC(=O)c1c(Nc2ccc(I)cc2F)n(C)c(=O)c2ccoc12. The fourth-order valence-electron chi connectivity index (χ4n) is 3.09. The predicted molar refractivity (Wildman–Crippen MR) is 145 cm³/mol. The number of hydroxylamine groups is 1. The van der Waals surface area contributed by atoms with E-state index in [4.69, 9.17) is 13.7 Å². The summed E-state index contributed by atoms with van der Waals surface area (Å²) >= 11 is 2.00. The summed E-state index contributed by atoms with van der Waals surface area (Å²) < 4.78 is 28.2. The minimum atomic E-state index is -1.98. The molecule has 8 nitrogen and oxygen atoms in total. The molecule has 0 saturated heterocycles. The molecule has 0 aliphatic carbocycles. The first kappa shape index (κ1) is 27.4. The van der Waals surface area contributed by atoms with Gasteiger partial charge in [0.1, 0.15) is 23.3 Å². The lowest BCUT2D eigenvalue weighted by atomic mass is 10.1. The number of aromatic nitrogens is 1. The maximum atomic E-state index is 14.6. The van der Waals surface area contributed by atoms with Crippen LogP contribution in [0.4, 0.5) is 15.9 Å². The van der Waals surface area contributed by atoms with E-state index < -0.39 is 31.7 Å². The van der Waals surface area contributed by atoms with E-state index in [9.17, 15) is 14.0 Å². The highest BCUT2D eigenvalue weighted by molar-refractivity contribution is 14.1. The molecule has 2 N–H and O–H groups in total. The van der Waals surface area contributed by atoms with Gasteiger partial charge < -0.3 is 14.2 Å². The number of amides is 1. The highest BCUT2D eigenvalue weighted by Gasteiger charge is 2.37. The molecule has 35 heavy (non-hydrogen) atoms. The zero-order chi connectivity index (χ0) is 26.1. The Kier molecular flexibility index (Phi) is 8.14. The van der Waals surface area contributed by atoms with E-state index in [1.807, 2.05) is 22.6 Å². The molecule has 1 atom stereocenters. The monoisotopic (exact) mass is 615 g/mol. The van der Waals surface area contributed by atoms with Crippen molar-refractivity contribution in [3.05, 3.63) is 55.8 Å². The van der Waals surface area contributed by atoms with Crippen LogP contribution in [-0.2, 0) is 16.3 Å². The van der Waals surface area contributed by atoms with Gasteiger partial charge in [0.15, 0.2) is 13.9 Å². The molecule has 3 rings (SSSR count). The topological polar surface area (TPSA) is 94.7 Å². The van der Waals surface area contributed by atoms with Crippen LogP contribution in [0.5, 0.6) is 0 Å². The maximum absolute atomic E-state index is 14.6. The minimum absolute atomic E-state index is 0.0163. The molecule has 190 valence electrons. The number of nitrogens with zero attached hydrogens (tertiary/aromatic N) is 1. The van der Waals surface area contributed by atoms with E-state index >= 15 is 0 Å². The van der Waals surface area contributed by atoms with Crippen molar-refractivity contribution in [1.82, 2.24) is 10.0 Å². The Morgan fingerprint density at radius 2 is 1.97 bits per heavy atom. The number of anilines is 2. The minimum Gasteiger partial charge on any atom is -0.463 e. The highest BCUT2D eigenvalue weighted by atomic mass is 127. The van der Waals surface area contributed by atoms with Gasteiger partial charge in [-0.2, -0.15) is 0 Å². The lowest BCUT2D eigenvalue weighted by molar-refractivity contribution is -0.0280. The number of halogens is 2. The Bertz CT molecular complexity index is 1300. The van der Waals surface area contributed by atoms with Crippen LogP contribution in [-0.4, -0.2) is 31.5 Å². The summed E-state index contributed by atoms with van der Waals surface area (Å²) in [4.78, 5) is 31.7. The van der Waals surface area contributed by atoms with E-state index in [0.29, 0.717) is 10.2 Å². The molecule has 2 heterocycles.